The zero-order valence-electron chi connectivity index (χ0n) is 9.33. The van der Waals surface area contributed by atoms with E-state index in [4.69, 9.17) is 23.2 Å². The molecule has 1 aromatic heterocycles. The Bertz CT molecular complexity index is 568. The fraction of sp³-hybridized carbons (Fsp3) is 0.231. The minimum atomic E-state index is -0.752. The van der Waals surface area contributed by atoms with Crippen molar-refractivity contribution in [3.05, 3.63) is 57.3 Å². The molecular formula is C13H9Cl2FN2. The molecule has 0 unspecified atom stereocenters. The summed E-state index contributed by atoms with van der Waals surface area (Å²) < 4.78 is 13.3. The predicted octanol–water partition coefficient (Wildman–Crippen LogP) is 3.80. The van der Waals surface area contributed by atoms with E-state index in [-0.39, 0.29) is 16.2 Å². The first-order valence-electron chi connectivity index (χ1n) is 5.60. The fourth-order valence-electron chi connectivity index (χ4n) is 2.33. The molecule has 5 heteroatoms. The van der Waals surface area contributed by atoms with E-state index in [9.17, 15) is 4.39 Å². The number of fused-ring (bicyclic) bond motifs is 1. The maximum atomic E-state index is 13.3. The number of hydrogen-bond donors (Lipinski definition) is 0. The average Bonchev–Trinajstić information content (AvgIpc) is 2.79. The van der Waals surface area contributed by atoms with Crippen molar-refractivity contribution in [1.82, 2.24) is 9.97 Å². The topological polar surface area (TPSA) is 25.8 Å². The van der Waals surface area contributed by atoms with E-state index in [0.29, 0.717) is 5.82 Å². The molecular weight excluding hydrogens is 274 g/mol. The van der Waals surface area contributed by atoms with Crippen molar-refractivity contribution < 1.29 is 4.39 Å². The molecule has 0 atom stereocenters. The third kappa shape index (κ3) is 1.98. The van der Waals surface area contributed by atoms with E-state index >= 15 is 0 Å². The second kappa shape index (κ2) is 4.48. The standard InChI is InChI=1S/C13H9Cl2FN2/c14-11-10(16)12(15)18-13(17-11)9-5-7-3-1-2-4-8(7)6-9/h1-4,9H,5-6H2. The molecule has 0 fully saturated rings. The van der Waals surface area contributed by atoms with Gasteiger partial charge in [-0.3, -0.25) is 0 Å². The van der Waals surface area contributed by atoms with Crippen molar-refractivity contribution in [1.29, 1.82) is 0 Å². The Labute approximate surface area is 114 Å². The molecule has 0 radical (unpaired) electrons. The lowest BCUT2D eigenvalue weighted by Crippen LogP contribution is -2.06. The molecule has 0 aliphatic heterocycles. The van der Waals surface area contributed by atoms with Gasteiger partial charge in [0.05, 0.1) is 0 Å². The predicted molar refractivity (Wildman–Crippen MR) is 68.6 cm³/mol. The molecule has 0 bridgehead atoms. The Morgan fingerprint density at radius 1 is 1.00 bits per heavy atom. The van der Waals surface area contributed by atoms with Gasteiger partial charge in [-0.1, -0.05) is 47.5 Å². The van der Waals surface area contributed by atoms with Gasteiger partial charge >= 0.3 is 0 Å². The van der Waals surface area contributed by atoms with Crippen LogP contribution in [0.4, 0.5) is 4.39 Å². The Kier molecular flexibility index (Phi) is 2.96. The van der Waals surface area contributed by atoms with Crippen molar-refractivity contribution in [2.45, 2.75) is 18.8 Å². The second-order valence-corrected chi connectivity index (χ2v) is 5.07. The number of nitrogens with zero attached hydrogens (tertiary/aromatic N) is 2. The van der Waals surface area contributed by atoms with Crippen molar-refractivity contribution in [3.8, 4) is 0 Å². The average molecular weight is 283 g/mol. The molecule has 92 valence electrons. The molecule has 0 spiro atoms. The van der Waals surface area contributed by atoms with Gasteiger partial charge in [-0.2, -0.15) is 0 Å². The van der Waals surface area contributed by atoms with Crippen LogP contribution in [0.3, 0.4) is 0 Å². The molecule has 2 aromatic rings. The lowest BCUT2D eigenvalue weighted by molar-refractivity contribution is 0.597. The van der Waals surface area contributed by atoms with Gasteiger partial charge in [0.15, 0.2) is 16.1 Å². The number of aromatic nitrogens is 2. The van der Waals surface area contributed by atoms with Crippen LogP contribution in [0.15, 0.2) is 24.3 Å². The summed E-state index contributed by atoms with van der Waals surface area (Å²) in [5, 5.41) is -0.415. The number of rotatable bonds is 1. The number of benzene rings is 1. The van der Waals surface area contributed by atoms with E-state index in [0.717, 1.165) is 12.8 Å². The van der Waals surface area contributed by atoms with Crippen LogP contribution in [0.2, 0.25) is 10.3 Å². The lowest BCUT2D eigenvalue weighted by atomic mass is 10.1. The summed E-state index contributed by atoms with van der Waals surface area (Å²) in [7, 11) is 0. The summed E-state index contributed by atoms with van der Waals surface area (Å²) in [6.45, 7) is 0. The maximum Gasteiger partial charge on any atom is 0.197 e. The zero-order chi connectivity index (χ0) is 12.7. The Hall–Kier alpha value is -1.19. The first kappa shape index (κ1) is 11.9. The van der Waals surface area contributed by atoms with Gasteiger partial charge in [0, 0.05) is 5.92 Å². The highest BCUT2D eigenvalue weighted by Gasteiger charge is 2.26. The number of hydrogen-bond acceptors (Lipinski definition) is 2. The van der Waals surface area contributed by atoms with Crippen molar-refractivity contribution in [2.24, 2.45) is 0 Å². The molecule has 1 aliphatic carbocycles. The van der Waals surface area contributed by atoms with Crippen LogP contribution in [0.5, 0.6) is 0 Å². The SMILES string of the molecule is Fc1c(Cl)nc(C2Cc3ccccc3C2)nc1Cl. The zero-order valence-corrected chi connectivity index (χ0v) is 10.8. The molecule has 2 nitrogen and oxygen atoms in total. The fourth-order valence-corrected chi connectivity index (χ4v) is 2.73. The number of halogens is 3. The van der Waals surface area contributed by atoms with Gasteiger partial charge in [0.2, 0.25) is 0 Å². The normalized spacial score (nSPS) is 14.8. The molecule has 1 aliphatic rings. The van der Waals surface area contributed by atoms with E-state index in [1.54, 1.807) is 0 Å². The second-order valence-electron chi connectivity index (χ2n) is 4.35. The Morgan fingerprint density at radius 3 is 2.00 bits per heavy atom. The third-order valence-electron chi connectivity index (χ3n) is 3.20. The van der Waals surface area contributed by atoms with Gasteiger partial charge in [-0.05, 0) is 24.0 Å². The quantitative estimate of drug-likeness (QED) is 0.744. The van der Waals surface area contributed by atoms with Gasteiger partial charge in [0.1, 0.15) is 5.82 Å². The lowest BCUT2D eigenvalue weighted by Gasteiger charge is -2.08. The van der Waals surface area contributed by atoms with Crippen molar-refractivity contribution in [3.63, 3.8) is 0 Å². The summed E-state index contributed by atoms with van der Waals surface area (Å²) in [6.07, 6.45) is 1.68. The highest BCUT2D eigenvalue weighted by atomic mass is 35.5. The summed E-state index contributed by atoms with van der Waals surface area (Å²) >= 11 is 11.4. The Balaban J connectivity index is 1.95. The smallest absolute Gasteiger partial charge is 0.197 e. The molecule has 0 amide bonds. The minimum Gasteiger partial charge on any atom is -0.218 e. The third-order valence-corrected chi connectivity index (χ3v) is 3.70. The minimum absolute atomic E-state index is 0.123. The van der Waals surface area contributed by atoms with E-state index in [1.807, 2.05) is 12.1 Å². The first-order valence-corrected chi connectivity index (χ1v) is 6.36. The molecule has 1 heterocycles. The van der Waals surface area contributed by atoms with E-state index in [2.05, 4.69) is 22.1 Å². The molecule has 0 saturated carbocycles. The molecule has 0 saturated heterocycles. The van der Waals surface area contributed by atoms with Gasteiger partial charge < -0.3 is 0 Å². The van der Waals surface area contributed by atoms with Gasteiger partial charge in [-0.25, -0.2) is 14.4 Å². The monoisotopic (exact) mass is 282 g/mol. The van der Waals surface area contributed by atoms with Crippen LogP contribution in [-0.4, -0.2) is 9.97 Å². The van der Waals surface area contributed by atoms with Crippen LogP contribution >= 0.6 is 23.2 Å². The summed E-state index contributed by atoms with van der Waals surface area (Å²) in [5.74, 6) is -0.113. The van der Waals surface area contributed by atoms with Crippen molar-refractivity contribution >= 4 is 23.2 Å². The van der Waals surface area contributed by atoms with Crippen LogP contribution in [-0.2, 0) is 12.8 Å². The molecule has 3 rings (SSSR count). The molecule has 0 N–H and O–H groups in total. The van der Waals surface area contributed by atoms with Crippen LogP contribution in [0, 0.1) is 5.82 Å². The van der Waals surface area contributed by atoms with E-state index < -0.39 is 5.82 Å². The summed E-state index contributed by atoms with van der Waals surface area (Å²) in [5.41, 5.74) is 2.56. The van der Waals surface area contributed by atoms with Crippen LogP contribution in [0.25, 0.3) is 0 Å². The highest BCUT2D eigenvalue weighted by molar-refractivity contribution is 6.33. The van der Waals surface area contributed by atoms with Gasteiger partial charge in [0.25, 0.3) is 0 Å². The Morgan fingerprint density at radius 2 is 1.50 bits per heavy atom. The van der Waals surface area contributed by atoms with Crippen LogP contribution in [0.1, 0.15) is 22.9 Å². The largest absolute Gasteiger partial charge is 0.218 e. The van der Waals surface area contributed by atoms with Crippen molar-refractivity contribution in [2.75, 3.05) is 0 Å². The van der Waals surface area contributed by atoms with Gasteiger partial charge in [-0.15, -0.1) is 0 Å². The summed E-state index contributed by atoms with van der Waals surface area (Å²) in [6, 6.07) is 8.18. The van der Waals surface area contributed by atoms with Crippen LogP contribution < -0.4 is 0 Å². The molecule has 18 heavy (non-hydrogen) atoms. The maximum absolute atomic E-state index is 13.3. The highest BCUT2D eigenvalue weighted by Crippen LogP contribution is 2.33. The first-order chi connectivity index (χ1) is 8.65. The van der Waals surface area contributed by atoms with E-state index in [1.165, 1.54) is 11.1 Å². The summed E-state index contributed by atoms with van der Waals surface area (Å²) in [4.78, 5) is 7.99. The molecule has 1 aromatic carbocycles.